The van der Waals surface area contributed by atoms with Crippen LogP contribution in [0, 0.1) is 29.1 Å². The molecule has 2 aliphatic carbocycles. The molecule has 2 aliphatic heterocycles. The van der Waals surface area contributed by atoms with E-state index in [9.17, 15) is 20.0 Å². The average molecular weight is 424 g/mol. The standard InChI is InChI=1S/C23H29N5O3/c24-12-14-3-1-2-4-18(14)28-19-7-8-25-22(29)20(19)21(27-28)26-17-6-5-13-9-16(23(30)31)10-15(13)11-17/h5-6,11,14,16,18-21,26-27H,1-4,7-10H2,(H,25,29)(H,30,31)/t14-,16?,18+,19?,20?,21?/m1/s1. The first kappa shape index (κ1) is 20.3. The number of nitrogens with zero attached hydrogens (tertiary/aromatic N) is 2. The Morgan fingerprint density at radius 3 is 2.77 bits per heavy atom. The average Bonchev–Trinajstić information content (AvgIpc) is 3.36. The fourth-order valence-electron chi connectivity index (χ4n) is 5.96. The number of amides is 1. The lowest BCUT2D eigenvalue weighted by Gasteiger charge is -2.39. The summed E-state index contributed by atoms with van der Waals surface area (Å²) in [6.45, 7) is 0.657. The molecule has 1 saturated carbocycles. The van der Waals surface area contributed by atoms with E-state index < -0.39 is 5.97 Å². The van der Waals surface area contributed by atoms with Crippen LogP contribution in [0.1, 0.15) is 43.2 Å². The number of hydrogen-bond donors (Lipinski definition) is 4. The van der Waals surface area contributed by atoms with Crippen molar-refractivity contribution < 1.29 is 14.7 Å². The van der Waals surface area contributed by atoms with E-state index in [4.69, 9.17) is 0 Å². The van der Waals surface area contributed by atoms with Crippen molar-refractivity contribution in [3.05, 3.63) is 29.3 Å². The molecule has 0 aromatic heterocycles. The lowest BCUT2D eigenvalue weighted by Crippen LogP contribution is -2.54. The molecule has 31 heavy (non-hydrogen) atoms. The minimum absolute atomic E-state index is 0.0152. The first-order valence-corrected chi connectivity index (χ1v) is 11.4. The monoisotopic (exact) mass is 423 g/mol. The molecule has 0 bridgehead atoms. The molecule has 1 amide bonds. The van der Waals surface area contributed by atoms with Gasteiger partial charge in [0.1, 0.15) is 6.17 Å². The fraction of sp³-hybridized carbons (Fsp3) is 0.609. The quantitative estimate of drug-likeness (QED) is 0.581. The third kappa shape index (κ3) is 3.66. The van der Waals surface area contributed by atoms with Crippen LogP contribution < -0.4 is 16.1 Å². The second-order valence-electron chi connectivity index (χ2n) is 9.35. The Morgan fingerprint density at radius 2 is 1.97 bits per heavy atom. The van der Waals surface area contributed by atoms with Crippen LogP contribution in [0.25, 0.3) is 0 Å². The van der Waals surface area contributed by atoms with Crippen LogP contribution in [0.4, 0.5) is 5.69 Å². The van der Waals surface area contributed by atoms with Gasteiger partial charge in [0, 0.05) is 24.3 Å². The summed E-state index contributed by atoms with van der Waals surface area (Å²) in [5, 5.41) is 27.7. The van der Waals surface area contributed by atoms with E-state index in [1.807, 2.05) is 18.2 Å². The van der Waals surface area contributed by atoms with Gasteiger partial charge in [-0.2, -0.15) is 5.26 Å². The van der Waals surface area contributed by atoms with Gasteiger partial charge >= 0.3 is 5.97 Å². The predicted octanol–water partition coefficient (Wildman–Crippen LogP) is 1.63. The number of nitriles is 1. The summed E-state index contributed by atoms with van der Waals surface area (Å²) < 4.78 is 0. The molecule has 1 aromatic carbocycles. The van der Waals surface area contributed by atoms with Crippen molar-refractivity contribution in [1.82, 2.24) is 15.8 Å². The number of carbonyl (C=O) groups is 2. The van der Waals surface area contributed by atoms with Gasteiger partial charge in [-0.3, -0.25) is 9.59 Å². The molecule has 164 valence electrons. The molecule has 4 aliphatic rings. The van der Waals surface area contributed by atoms with Crippen LogP contribution in [0.5, 0.6) is 0 Å². The van der Waals surface area contributed by atoms with Gasteiger partial charge in [-0.15, -0.1) is 0 Å². The number of carbonyl (C=O) groups excluding carboxylic acids is 1. The topological polar surface area (TPSA) is 117 Å². The Balaban J connectivity index is 1.37. The van der Waals surface area contributed by atoms with Crippen molar-refractivity contribution in [2.24, 2.45) is 17.8 Å². The van der Waals surface area contributed by atoms with Crippen LogP contribution >= 0.6 is 0 Å². The van der Waals surface area contributed by atoms with E-state index in [2.05, 4.69) is 27.1 Å². The number of hydrogen-bond acceptors (Lipinski definition) is 6. The van der Waals surface area contributed by atoms with Crippen molar-refractivity contribution in [1.29, 1.82) is 5.26 Å². The van der Waals surface area contributed by atoms with Crippen LogP contribution in [-0.2, 0) is 22.4 Å². The molecule has 0 radical (unpaired) electrons. The minimum Gasteiger partial charge on any atom is -0.481 e. The maximum absolute atomic E-state index is 12.8. The van der Waals surface area contributed by atoms with Crippen LogP contribution in [0.15, 0.2) is 18.2 Å². The fourth-order valence-corrected chi connectivity index (χ4v) is 5.96. The van der Waals surface area contributed by atoms with Gasteiger partial charge in [-0.1, -0.05) is 18.9 Å². The van der Waals surface area contributed by atoms with Crippen LogP contribution in [0.3, 0.4) is 0 Å². The van der Waals surface area contributed by atoms with Gasteiger partial charge in [-0.25, -0.2) is 10.4 Å². The molecule has 8 nitrogen and oxygen atoms in total. The smallest absolute Gasteiger partial charge is 0.307 e. The molecule has 1 aromatic rings. The van der Waals surface area contributed by atoms with Gasteiger partial charge < -0.3 is 15.7 Å². The number of benzene rings is 1. The summed E-state index contributed by atoms with van der Waals surface area (Å²) in [6.07, 6.45) is 5.80. The zero-order valence-electron chi connectivity index (χ0n) is 17.5. The van der Waals surface area contributed by atoms with Gasteiger partial charge in [0.05, 0.1) is 23.8 Å². The molecular formula is C23H29N5O3. The van der Waals surface area contributed by atoms with E-state index in [1.165, 1.54) is 0 Å². The zero-order valence-corrected chi connectivity index (χ0v) is 17.5. The number of fused-ring (bicyclic) bond motifs is 2. The van der Waals surface area contributed by atoms with E-state index in [-0.39, 0.29) is 41.9 Å². The summed E-state index contributed by atoms with van der Waals surface area (Å²) >= 11 is 0. The van der Waals surface area contributed by atoms with Crippen molar-refractivity contribution >= 4 is 17.6 Å². The van der Waals surface area contributed by atoms with Gasteiger partial charge in [0.25, 0.3) is 0 Å². The highest BCUT2D eigenvalue weighted by Crippen LogP contribution is 2.37. The van der Waals surface area contributed by atoms with Crippen LogP contribution in [-0.4, -0.2) is 46.8 Å². The van der Waals surface area contributed by atoms with E-state index in [1.54, 1.807) is 0 Å². The number of carboxylic acids is 1. The number of piperidine rings is 1. The zero-order chi connectivity index (χ0) is 21.5. The van der Waals surface area contributed by atoms with Gasteiger partial charge in [0.15, 0.2) is 0 Å². The summed E-state index contributed by atoms with van der Waals surface area (Å²) in [7, 11) is 0. The maximum atomic E-state index is 12.8. The highest BCUT2D eigenvalue weighted by Gasteiger charge is 2.51. The highest BCUT2D eigenvalue weighted by molar-refractivity contribution is 5.82. The van der Waals surface area contributed by atoms with Crippen LogP contribution in [0.2, 0.25) is 0 Å². The van der Waals surface area contributed by atoms with Gasteiger partial charge in [0.2, 0.25) is 5.91 Å². The molecule has 2 heterocycles. The van der Waals surface area contributed by atoms with Gasteiger partial charge in [-0.05, 0) is 55.4 Å². The Morgan fingerprint density at radius 1 is 1.16 bits per heavy atom. The van der Waals surface area contributed by atoms with E-state index in [0.29, 0.717) is 19.4 Å². The predicted molar refractivity (Wildman–Crippen MR) is 114 cm³/mol. The number of hydrazine groups is 1. The van der Waals surface area contributed by atoms with Crippen molar-refractivity contribution in [3.63, 3.8) is 0 Å². The Hall–Kier alpha value is -2.63. The Kier molecular flexibility index (Phi) is 5.32. The molecule has 5 rings (SSSR count). The largest absolute Gasteiger partial charge is 0.481 e. The second kappa shape index (κ2) is 8.13. The lowest BCUT2D eigenvalue weighted by molar-refractivity contribution is -0.141. The third-order valence-corrected chi connectivity index (χ3v) is 7.52. The number of aliphatic carboxylic acids is 1. The van der Waals surface area contributed by atoms with Crippen molar-refractivity contribution in [3.8, 4) is 6.07 Å². The molecule has 8 heteroatoms. The Bertz CT molecular complexity index is 928. The van der Waals surface area contributed by atoms with E-state index in [0.717, 1.165) is 48.9 Å². The number of carboxylic acid groups (broad SMARTS) is 1. The second-order valence-corrected chi connectivity index (χ2v) is 9.35. The molecule has 0 spiro atoms. The lowest BCUT2D eigenvalue weighted by atomic mass is 9.83. The first-order valence-electron chi connectivity index (χ1n) is 11.4. The highest BCUT2D eigenvalue weighted by atomic mass is 16.4. The van der Waals surface area contributed by atoms with Crippen molar-refractivity contribution in [2.75, 3.05) is 11.9 Å². The van der Waals surface area contributed by atoms with E-state index >= 15 is 0 Å². The summed E-state index contributed by atoms with van der Waals surface area (Å²) in [5.74, 6) is -1.32. The summed E-state index contributed by atoms with van der Waals surface area (Å²) in [5.41, 5.74) is 6.60. The molecule has 2 saturated heterocycles. The summed E-state index contributed by atoms with van der Waals surface area (Å²) in [6, 6.07) is 8.68. The normalized spacial score (nSPS) is 35.0. The number of rotatable bonds is 4. The minimum atomic E-state index is -0.750. The molecule has 3 fully saturated rings. The molecule has 4 unspecified atom stereocenters. The molecule has 4 N–H and O–H groups in total. The molecular weight excluding hydrogens is 394 g/mol. The Labute approximate surface area is 182 Å². The first-order chi connectivity index (χ1) is 15.0. The molecule has 6 atom stereocenters. The summed E-state index contributed by atoms with van der Waals surface area (Å²) in [4.78, 5) is 24.2. The van der Waals surface area contributed by atoms with Crippen molar-refractivity contribution in [2.45, 2.75) is 63.2 Å². The maximum Gasteiger partial charge on any atom is 0.307 e. The number of anilines is 1. The SMILES string of the molecule is N#C[C@H]1CCCC[C@@H]1N1NC(Nc2ccc3c(c2)CC(C(=O)O)C3)C2C(=O)NCCC21. The third-order valence-electron chi connectivity index (χ3n) is 7.52. The number of nitrogens with one attached hydrogen (secondary N) is 3.